The summed E-state index contributed by atoms with van der Waals surface area (Å²) < 4.78 is 5.38. The molecule has 1 fully saturated rings. The van der Waals surface area contributed by atoms with Crippen molar-refractivity contribution in [3.8, 4) is 0 Å². The van der Waals surface area contributed by atoms with Gasteiger partial charge in [0.15, 0.2) is 0 Å². The van der Waals surface area contributed by atoms with Crippen LogP contribution in [0.3, 0.4) is 0 Å². The third-order valence-electron chi connectivity index (χ3n) is 4.30. The largest absolute Gasteiger partial charge is 0.444 e. The van der Waals surface area contributed by atoms with E-state index in [1.165, 1.54) is 11.1 Å². The number of aryl methyl sites for hydroxylation is 1. The van der Waals surface area contributed by atoms with E-state index < -0.39 is 5.60 Å². The maximum Gasteiger partial charge on any atom is 0.410 e. The van der Waals surface area contributed by atoms with Gasteiger partial charge in [0.25, 0.3) is 0 Å². The van der Waals surface area contributed by atoms with Gasteiger partial charge in [-0.3, -0.25) is 4.79 Å². The van der Waals surface area contributed by atoms with Gasteiger partial charge in [0, 0.05) is 32.0 Å². The van der Waals surface area contributed by atoms with E-state index in [1.807, 2.05) is 27.7 Å². The number of likely N-dealkylation sites (tertiary alicyclic amines) is 1. The molecule has 1 unspecified atom stereocenters. The van der Waals surface area contributed by atoms with E-state index in [9.17, 15) is 9.59 Å². The first-order valence-corrected chi connectivity index (χ1v) is 8.98. The van der Waals surface area contributed by atoms with Crippen LogP contribution in [0.4, 0.5) is 4.79 Å². The highest BCUT2D eigenvalue weighted by Gasteiger charge is 2.34. The average molecular weight is 346 g/mol. The summed E-state index contributed by atoms with van der Waals surface area (Å²) in [6.07, 6.45) is 1.64. The second-order valence-electron chi connectivity index (χ2n) is 7.96. The summed E-state index contributed by atoms with van der Waals surface area (Å²) in [5.74, 6) is 0.405. The van der Waals surface area contributed by atoms with Crippen molar-refractivity contribution in [2.75, 3.05) is 13.1 Å². The minimum absolute atomic E-state index is 0.0161. The molecule has 1 saturated heterocycles. The van der Waals surface area contributed by atoms with Crippen LogP contribution in [-0.4, -0.2) is 41.6 Å². The second kappa shape index (κ2) is 7.89. The lowest BCUT2D eigenvalue weighted by molar-refractivity contribution is -0.119. The van der Waals surface area contributed by atoms with Gasteiger partial charge in [0.1, 0.15) is 5.60 Å². The zero-order valence-electron chi connectivity index (χ0n) is 16.0. The molecule has 0 radical (unpaired) electrons. The van der Waals surface area contributed by atoms with Crippen LogP contribution in [0.15, 0.2) is 24.3 Å². The lowest BCUT2D eigenvalue weighted by Gasteiger charge is -2.40. The molecule has 5 nitrogen and oxygen atoms in total. The Bertz CT molecular complexity index is 598. The van der Waals surface area contributed by atoms with Crippen molar-refractivity contribution in [3.05, 3.63) is 35.4 Å². The second-order valence-corrected chi connectivity index (χ2v) is 7.96. The zero-order chi connectivity index (χ0) is 18.6. The van der Waals surface area contributed by atoms with Crippen molar-refractivity contribution >= 4 is 12.0 Å². The maximum absolute atomic E-state index is 12.0. The highest BCUT2D eigenvalue weighted by molar-refractivity contribution is 5.73. The Hall–Kier alpha value is -2.04. The van der Waals surface area contributed by atoms with Gasteiger partial charge in [-0.15, -0.1) is 0 Å². The lowest BCUT2D eigenvalue weighted by Crippen LogP contribution is -2.50. The van der Waals surface area contributed by atoms with E-state index in [1.54, 1.807) is 11.8 Å². The minimum atomic E-state index is -0.446. The summed E-state index contributed by atoms with van der Waals surface area (Å²) >= 11 is 0. The predicted molar refractivity (Wildman–Crippen MR) is 98.6 cm³/mol. The van der Waals surface area contributed by atoms with Crippen molar-refractivity contribution in [3.63, 3.8) is 0 Å². The molecule has 5 heteroatoms. The van der Waals surface area contributed by atoms with E-state index in [0.717, 1.165) is 12.8 Å². The van der Waals surface area contributed by atoms with Gasteiger partial charge in [0.2, 0.25) is 5.91 Å². The Kier molecular flexibility index (Phi) is 6.09. The van der Waals surface area contributed by atoms with Gasteiger partial charge in [0.05, 0.1) is 0 Å². The molecule has 0 bridgehead atoms. The highest BCUT2D eigenvalue weighted by atomic mass is 16.6. The zero-order valence-corrected chi connectivity index (χ0v) is 16.0. The van der Waals surface area contributed by atoms with Crippen molar-refractivity contribution in [1.82, 2.24) is 10.2 Å². The molecule has 1 N–H and O–H groups in total. The SMILES string of the molecule is CC(=O)NC(C)CCc1ccc(C2CN(C(=O)OC(C)(C)C)C2)cc1. The van der Waals surface area contributed by atoms with Crippen LogP contribution < -0.4 is 5.32 Å². The average Bonchev–Trinajstić information content (AvgIpc) is 2.42. The summed E-state index contributed by atoms with van der Waals surface area (Å²) in [4.78, 5) is 24.7. The van der Waals surface area contributed by atoms with Gasteiger partial charge >= 0.3 is 6.09 Å². The predicted octanol–water partition coefficient (Wildman–Crippen LogP) is 3.48. The molecule has 2 amide bonds. The van der Waals surface area contributed by atoms with Crippen LogP contribution >= 0.6 is 0 Å². The maximum atomic E-state index is 12.0. The van der Waals surface area contributed by atoms with E-state index in [4.69, 9.17) is 4.74 Å². The fourth-order valence-electron chi connectivity index (χ4n) is 2.92. The lowest BCUT2D eigenvalue weighted by atomic mass is 9.91. The minimum Gasteiger partial charge on any atom is -0.444 e. The van der Waals surface area contributed by atoms with Crippen molar-refractivity contribution in [2.45, 2.75) is 65.0 Å². The van der Waals surface area contributed by atoms with Gasteiger partial charge < -0.3 is 15.0 Å². The summed E-state index contributed by atoms with van der Waals surface area (Å²) in [5.41, 5.74) is 2.08. The number of carbonyl (C=O) groups is 2. The molecule has 0 saturated carbocycles. The monoisotopic (exact) mass is 346 g/mol. The van der Waals surface area contributed by atoms with Crippen LogP contribution in [-0.2, 0) is 16.0 Å². The first-order valence-electron chi connectivity index (χ1n) is 8.98. The molecule has 1 aromatic carbocycles. The molecular weight excluding hydrogens is 316 g/mol. The van der Waals surface area contributed by atoms with E-state index in [0.29, 0.717) is 19.0 Å². The molecule has 1 aromatic rings. The highest BCUT2D eigenvalue weighted by Crippen LogP contribution is 2.28. The van der Waals surface area contributed by atoms with Crippen molar-refractivity contribution < 1.29 is 14.3 Å². The number of ether oxygens (including phenoxy) is 1. The first kappa shape index (κ1) is 19.3. The quantitative estimate of drug-likeness (QED) is 0.888. The normalized spacial score (nSPS) is 16.1. The third kappa shape index (κ3) is 6.07. The Morgan fingerprint density at radius 1 is 1.24 bits per heavy atom. The number of amides is 2. The Morgan fingerprint density at radius 2 is 1.84 bits per heavy atom. The van der Waals surface area contributed by atoms with Crippen LogP contribution in [0.1, 0.15) is 58.1 Å². The third-order valence-corrected chi connectivity index (χ3v) is 4.30. The fraction of sp³-hybridized carbons (Fsp3) is 0.600. The number of carbonyl (C=O) groups excluding carboxylic acids is 2. The Labute approximate surface area is 150 Å². The number of rotatable bonds is 5. The van der Waals surface area contributed by atoms with Crippen LogP contribution in [0.2, 0.25) is 0 Å². The molecule has 2 rings (SSSR count). The Balaban J connectivity index is 1.78. The van der Waals surface area contributed by atoms with Crippen LogP contribution in [0.5, 0.6) is 0 Å². The van der Waals surface area contributed by atoms with Crippen molar-refractivity contribution in [2.24, 2.45) is 0 Å². The molecule has 0 spiro atoms. The number of nitrogens with one attached hydrogen (secondary N) is 1. The molecule has 1 aliphatic rings. The molecule has 1 atom stereocenters. The fourth-order valence-corrected chi connectivity index (χ4v) is 2.92. The number of hydrogen-bond acceptors (Lipinski definition) is 3. The van der Waals surface area contributed by atoms with Crippen molar-refractivity contribution in [1.29, 1.82) is 0 Å². The van der Waals surface area contributed by atoms with Gasteiger partial charge in [-0.2, -0.15) is 0 Å². The van der Waals surface area contributed by atoms with Gasteiger partial charge in [-0.1, -0.05) is 24.3 Å². The molecule has 0 aliphatic carbocycles. The molecule has 25 heavy (non-hydrogen) atoms. The topological polar surface area (TPSA) is 58.6 Å². The first-order chi connectivity index (χ1) is 11.6. The Morgan fingerprint density at radius 3 is 2.36 bits per heavy atom. The molecular formula is C20H30N2O3. The summed E-state index contributed by atoms with van der Waals surface area (Å²) in [5, 5.41) is 2.90. The summed E-state index contributed by atoms with van der Waals surface area (Å²) in [6, 6.07) is 8.77. The smallest absolute Gasteiger partial charge is 0.410 e. The number of hydrogen-bond donors (Lipinski definition) is 1. The van der Waals surface area contributed by atoms with Gasteiger partial charge in [-0.05, 0) is 51.7 Å². The van der Waals surface area contributed by atoms with E-state index in [2.05, 4.69) is 29.6 Å². The standard InChI is InChI=1S/C20H30N2O3/c1-14(21-15(2)23)6-7-16-8-10-17(11-9-16)18-12-22(13-18)19(24)25-20(3,4)5/h8-11,14,18H,6-7,12-13H2,1-5H3,(H,21,23). The summed E-state index contributed by atoms with van der Waals surface area (Å²) in [6.45, 7) is 10.6. The van der Waals surface area contributed by atoms with Crippen LogP contribution in [0, 0.1) is 0 Å². The van der Waals surface area contributed by atoms with E-state index >= 15 is 0 Å². The molecule has 1 heterocycles. The molecule has 0 aromatic heterocycles. The summed E-state index contributed by atoms with van der Waals surface area (Å²) in [7, 11) is 0. The molecule has 138 valence electrons. The molecule has 1 aliphatic heterocycles. The van der Waals surface area contributed by atoms with Crippen LogP contribution in [0.25, 0.3) is 0 Å². The van der Waals surface area contributed by atoms with E-state index in [-0.39, 0.29) is 18.0 Å². The number of benzene rings is 1. The van der Waals surface area contributed by atoms with Gasteiger partial charge in [-0.25, -0.2) is 4.79 Å². The number of nitrogens with zero attached hydrogens (tertiary/aromatic N) is 1.